The largest absolute Gasteiger partial charge is 0.352 e. The Morgan fingerprint density at radius 2 is 1.67 bits per heavy atom. The van der Waals surface area contributed by atoms with Crippen molar-refractivity contribution in [3.63, 3.8) is 0 Å². The van der Waals surface area contributed by atoms with E-state index >= 15 is 0 Å². The number of amides is 1. The standard InChI is InChI=1S/C38H41BrN2O3S/c1-24-9-8-12-32(25(24)2)40-35(43)23-41-36(22-33(42)28-17-19-29(20-18-28)38(3,4)5)45-34(37(41)44)21-26-13-15-27(16-14-26)30-10-6-7-11-31(30)39/h6-7,10-11,13-22,24-25,32H,8-9,12,23H2,1-5H3,(H,40,43)/b34-21-,36-22-. The van der Waals surface area contributed by atoms with Crippen LogP contribution in [-0.4, -0.2) is 22.3 Å². The van der Waals surface area contributed by atoms with Gasteiger partial charge in [0.15, 0.2) is 5.78 Å². The molecular weight excluding hydrogens is 644 g/mol. The summed E-state index contributed by atoms with van der Waals surface area (Å²) in [7, 11) is 0. The Bertz CT molecular complexity index is 1860. The van der Waals surface area contributed by atoms with Gasteiger partial charge >= 0.3 is 0 Å². The normalized spacial score (nSPS) is 19.5. The van der Waals surface area contributed by atoms with Crippen LogP contribution in [0.3, 0.4) is 0 Å². The number of carbonyl (C=O) groups is 2. The third kappa shape index (κ3) is 7.82. The van der Waals surface area contributed by atoms with Crippen molar-refractivity contribution < 1.29 is 9.59 Å². The Morgan fingerprint density at radius 1 is 0.978 bits per heavy atom. The highest BCUT2D eigenvalue weighted by molar-refractivity contribution is 9.10. The van der Waals surface area contributed by atoms with Crippen LogP contribution in [0, 0.1) is 11.8 Å². The summed E-state index contributed by atoms with van der Waals surface area (Å²) >= 11 is 4.85. The van der Waals surface area contributed by atoms with Crippen molar-refractivity contribution >= 4 is 51.1 Å². The van der Waals surface area contributed by atoms with Gasteiger partial charge in [-0.15, -0.1) is 11.3 Å². The molecule has 0 radical (unpaired) electrons. The number of ketones is 1. The molecule has 3 atom stereocenters. The summed E-state index contributed by atoms with van der Waals surface area (Å²) in [6.45, 7) is 10.7. The predicted octanol–water partition coefficient (Wildman–Crippen LogP) is 7.07. The molecule has 1 aliphatic carbocycles. The maximum absolute atomic E-state index is 13.8. The number of halogens is 1. The molecule has 3 unspecified atom stereocenters. The summed E-state index contributed by atoms with van der Waals surface area (Å²) in [5.41, 5.74) is 4.37. The third-order valence-electron chi connectivity index (χ3n) is 8.97. The lowest BCUT2D eigenvalue weighted by Gasteiger charge is -2.34. The molecule has 7 heteroatoms. The number of aromatic nitrogens is 1. The van der Waals surface area contributed by atoms with E-state index < -0.39 is 0 Å². The molecule has 0 aliphatic heterocycles. The lowest BCUT2D eigenvalue weighted by Crippen LogP contribution is -2.46. The van der Waals surface area contributed by atoms with Gasteiger partial charge < -0.3 is 5.32 Å². The number of nitrogens with zero attached hydrogens (tertiary/aromatic N) is 1. The monoisotopic (exact) mass is 684 g/mol. The van der Waals surface area contributed by atoms with Crippen molar-refractivity contribution in [2.45, 2.75) is 71.9 Å². The molecule has 0 spiro atoms. The van der Waals surface area contributed by atoms with E-state index in [9.17, 15) is 14.4 Å². The molecule has 0 saturated heterocycles. The molecule has 3 aromatic carbocycles. The number of carbonyl (C=O) groups excluding carboxylic acids is 2. The minimum atomic E-state index is -0.280. The zero-order valence-corrected chi connectivity index (χ0v) is 29.0. The van der Waals surface area contributed by atoms with Crippen molar-refractivity contribution in [2.75, 3.05) is 0 Å². The fraction of sp³-hybridized carbons (Fsp3) is 0.342. The van der Waals surface area contributed by atoms with E-state index in [1.165, 1.54) is 22.0 Å². The van der Waals surface area contributed by atoms with Crippen molar-refractivity contribution in [2.24, 2.45) is 11.8 Å². The van der Waals surface area contributed by atoms with Crippen molar-refractivity contribution in [3.05, 3.63) is 114 Å². The van der Waals surface area contributed by atoms with Crippen LogP contribution < -0.4 is 20.1 Å². The summed E-state index contributed by atoms with van der Waals surface area (Å²) < 4.78 is 3.38. The molecule has 1 aromatic heterocycles. The number of hydrogen-bond acceptors (Lipinski definition) is 4. The molecule has 1 fully saturated rings. The first-order valence-electron chi connectivity index (χ1n) is 15.6. The molecule has 1 saturated carbocycles. The van der Waals surface area contributed by atoms with Gasteiger partial charge in [0, 0.05) is 22.2 Å². The van der Waals surface area contributed by atoms with Crippen LogP contribution in [0.1, 0.15) is 75.4 Å². The quantitative estimate of drug-likeness (QED) is 0.212. The zero-order chi connectivity index (χ0) is 32.3. The number of thiazole rings is 1. The Morgan fingerprint density at radius 3 is 2.33 bits per heavy atom. The molecule has 4 aromatic rings. The van der Waals surface area contributed by atoms with E-state index in [1.807, 2.05) is 72.8 Å². The number of hydrogen-bond donors (Lipinski definition) is 1. The molecule has 1 amide bonds. The maximum atomic E-state index is 13.8. The molecule has 1 N–H and O–H groups in total. The minimum Gasteiger partial charge on any atom is -0.352 e. The van der Waals surface area contributed by atoms with Crippen molar-refractivity contribution in [3.8, 4) is 11.1 Å². The summed E-state index contributed by atoms with van der Waals surface area (Å²) in [6, 6.07) is 23.7. The highest BCUT2D eigenvalue weighted by Crippen LogP contribution is 2.30. The van der Waals surface area contributed by atoms with E-state index in [-0.39, 0.29) is 35.3 Å². The van der Waals surface area contributed by atoms with Gasteiger partial charge in [-0.3, -0.25) is 19.0 Å². The summed E-state index contributed by atoms with van der Waals surface area (Å²) in [4.78, 5) is 40.5. The minimum absolute atomic E-state index is 0.0267. The molecule has 45 heavy (non-hydrogen) atoms. The highest BCUT2D eigenvalue weighted by atomic mass is 79.9. The second kappa shape index (κ2) is 13.8. The Labute approximate surface area is 277 Å². The summed E-state index contributed by atoms with van der Waals surface area (Å²) in [5.74, 6) is 0.496. The van der Waals surface area contributed by atoms with E-state index in [2.05, 4.69) is 61.9 Å². The molecule has 0 bridgehead atoms. The van der Waals surface area contributed by atoms with Gasteiger partial charge in [-0.2, -0.15) is 0 Å². The van der Waals surface area contributed by atoms with E-state index in [1.54, 1.807) is 0 Å². The Balaban J connectivity index is 1.50. The topological polar surface area (TPSA) is 68.2 Å². The van der Waals surface area contributed by atoms with Crippen LogP contribution in [0.4, 0.5) is 0 Å². The highest BCUT2D eigenvalue weighted by Gasteiger charge is 2.28. The van der Waals surface area contributed by atoms with Gasteiger partial charge in [-0.1, -0.05) is 130 Å². The van der Waals surface area contributed by atoms with Crippen molar-refractivity contribution in [1.29, 1.82) is 0 Å². The van der Waals surface area contributed by atoms with Gasteiger partial charge in [-0.05, 0) is 58.1 Å². The Kier molecular flexibility index (Phi) is 10.1. The van der Waals surface area contributed by atoms with Gasteiger partial charge in [0.1, 0.15) is 11.2 Å². The smallest absolute Gasteiger partial charge is 0.269 e. The molecule has 234 valence electrons. The number of Topliss-reactive ketones (excluding diaryl/α,β-unsaturated/α-hetero) is 1. The Hall–Kier alpha value is -3.55. The molecule has 5 rings (SSSR count). The average molecular weight is 686 g/mol. The first kappa shape index (κ1) is 32.8. The summed E-state index contributed by atoms with van der Waals surface area (Å²) in [5, 5.41) is 3.19. The number of nitrogens with one attached hydrogen (secondary N) is 1. The van der Waals surface area contributed by atoms with Crippen LogP contribution in [0.5, 0.6) is 0 Å². The van der Waals surface area contributed by atoms with Crippen molar-refractivity contribution in [1.82, 2.24) is 9.88 Å². The van der Waals surface area contributed by atoms with Crippen LogP contribution in [0.25, 0.3) is 23.3 Å². The lowest BCUT2D eigenvalue weighted by molar-refractivity contribution is -0.123. The summed E-state index contributed by atoms with van der Waals surface area (Å²) in [6.07, 6.45) is 6.50. The second-order valence-electron chi connectivity index (χ2n) is 13.2. The maximum Gasteiger partial charge on any atom is 0.269 e. The van der Waals surface area contributed by atoms with E-state index in [0.29, 0.717) is 26.6 Å². The lowest BCUT2D eigenvalue weighted by atomic mass is 9.78. The SMILES string of the molecule is CC1CCCC(NC(=O)Cn2c(=O)/c(=C/c3ccc(-c4ccccc4Br)cc3)s/c2=C\C(=O)c2ccc(C(C)(C)C)cc2)C1C. The van der Waals surface area contributed by atoms with Crippen LogP contribution in [0.2, 0.25) is 0 Å². The third-order valence-corrected chi connectivity index (χ3v) is 10.7. The van der Waals surface area contributed by atoms with Crippen LogP contribution in [0.15, 0.2) is 82.1 Å². The second-order valence-corrected chi connectivity index (χ2v) is 15.1. The first-order valence-corrected chi connectivity index (χ1v) is 17.2. The van der Waals surface area contributed by atoms with Gasteiger partial charge in [0.2, 0.25) is 5.91 Å². The average Bonchev–Trinajstić information content (AvgIpc) is 3.28. The molecular formula is C38H41BrN2O3S. The first-order chi connectivity index (χ1) is 21.4. The predicted molar refractivity (Wildman–Crippen MR) is 189 cm³/mol. The van der Waals surface area contributed by atoms with Gasteiger partial charge in [-0.25, -0.2) is 0 Å². The number of rotatable bonds is 7. The molecule has 1 aliphatic rings. The molecule has 5 nitrogen and oxygen atoms in total. The van der Waals surface area contributed by atoms with E-state index in [4.69, 9.17) is 0 Å². The number of benzene rings is 3. The zero-order valence-electron chi connectivity index (χ0n) is 26.6. The van der Waals surface area contributed by atoms with Crippen LogP contribution >= 0.6 is 27.3 Å². The van der Waals surface area contributed by atoms with Crippen LogP contribution in [-0.2, 0) is 16.8 Å². The van der Waals surface area contributed by atoms with E-state index in [0.717, 1.165) is 46.0 Å². The van der Waals surface area contributed by atoms with Gasteiger partial charge in [0.05, 0.1) is 4.53 Å². The van der Waals surface area contributed by atoms with Gasteiger partial charge in [0.25, 0.3) is 5.56 Å². The molecule has 1 heterocycles. The fourth-order valence-corrected chi connectivity index (χ4v) is 7.47. The fourth-order valence-electron chi connectivity index (χ4n) is 5.91.